The number of benzene rings is 1. The molecule has 0 bridgehead atoms. The highest BCUT2D eigenvalue weighted by molar-refractivity contribution is 5.74. The van der Waals surface area contributed by atoms with Crippen LogP contribution < -0.4 is 4.90 Å². The van der Waals surface area contributed by atoms with Crippen molar-refractivity contribution in [2.45, 2.75) is 0 Å². The standard InChI is InChI=1S/C14H13N3O2/c18-14(19)11-7-17(8-11)13-6-12(15-9-16-13)10-4-2-1-3-5-10/h1-6,9,11H,7-8H2,(H,18,19). The summed E-state index contributed by atoms with van der Waals surface area (Å²) in [4.78, 5) is 21.2. The van der Waals surface area contributed by atoms with Gasteiger partial charge in [0, 0.05) is 24.7 Å². The lowest BCUT2D eigenvalue weighted by molar-refractivity contribution is -0.142. The van der Waals surface area contributed by atoms with Crippen molar-refractivity contribution in [1.29, 1.82) is 0 Å². The van der Waals surface area contributed by atoms with E-state index in [0.29, 0.717) is 13.1 Å². The Hall–Kier alpha value is -2.43. The summed E-state index contributed by atoms with van der Waals surface area (Å²) in [6.45, 7) is 1.03. The lowest BCUT2D eigenvalue weighted by atomic mass is 10.0. The number of hydrogen-bond acceptors (Lipinski definition) is 4. The SMILES string of the molecule is O=C(O)C1CN(c2cc(-c3ccccc3)ncn2)C1. The van der Waals surface area contributed by atoms with Crippen LogP contribution in [0.5, 0.6) is 0 Å². The molecule has 1 fully saturated rings. The smallest absolute Gasteiger partial charge is 0.310 e. The molecule has 3 rings (SSSR count). The van der Waals surface area contributed by atoms with Crippen molar-refractivity contribution < 1.29 is 9.90 Å². The number of anilines is 1. The molecule has 5 heteroatoms. The molecule has 96 valence electrons. The number of rotatable bonds is 3. The minimum Gasteiger partial charge on any atom is -0.481 e. The number of aliphatic carboxylic acids is 1. The van der Waals surface area contributed by atoms with Crippen molar-refractivity contribution in [3.8, 4) is 11.3 Å². The van der Waals surface area contributed by atoms with E-state index in [2.05, 4.69) is 9.97 Å². The number of carboxylic acid groups (broad SMARTS) is 1. The van der Waals surface area contributed by atoms with Gasteiger partial charge in [-0.3, -0.25) is 4.79 Å². The van der Waals surface area contributed by atoms with Crippen molar-refractivity contribution >= 4 is 11.8 Å². The molecular formula is C14H13N3O2. The molecule has 0 unspecified atom stereocenters. The minimum atomic E-state index is -0.742. The second-order valence-electron chi connectivity index (χ2n) is 4.57. The molecule has 1 aromatic carbocycles. The van der Waals surface area contributed by atoms with Crippen LogP contribution in [0.2, 0.25) is 0 Å². The molecule has 0 saturated carbocycles. The first kappa shape index (κ1) is 11.6. The molecule has 1 aromatic heterocycles. The van der Waals surface area contributed by atoms with Crippen LogP contribution in [0.15, 0.2) is 42.7 Å². The van der Waals surface area contributed by atoms with Gasteiger partial charge in [-0.15, -0.1) is 0 Å². The van der Waals surface area contributed by atoms with Gasteiger partial charge in [0.05, 0.1) is 11.6 Å². The van der Waals surface area contributed by atoms with E-state index in [1.165, 1.54) is 6.33 Å². The molecule has 5 nitrogen and oxygen atoms in total. The first-order valence-electron chi connectivity index (χ1n) is 6.09. The summed E-state index contributed by atoms with van der Waals surface area (Å²) in [6.07, 6.45) is 1.52. The van der Waals surface area contributed by atoms with E-state index in [4.69, 9.17) is 5.11 Å². The fourth-order valence-electron chi connectivity index (χ4n) is 2.11. The van der Waals surface area contributed by atoms with Crippen LogP contribution in [0.3, 0.4) is 0 Å². The molecular weight excluding hydrogens is 242 g/mol. The highest BCUT2D eigenvalue weighted by Crippen LogP contribution is 2.25. The summed E-state index contributed by atoms with van der Waals surface area (Å²) in [7, 11) is 0. The van der Waals surface area contributed by atoms with Gasteiger partial charge < -0.3 is 10.0 Å². The Kier molecular flexibility index (Phi) is 2.87. The van der Waals surface area contributed by atoms with Gasteiger partial charge >= 0.3 is 5.97 Å². The van der Waals surface area contributed by atoms with Crippen LogP contribution in [0.4, 0.5) is 5.82 Å². The zero-order chi connectivity index (χ0) is 13.2. The molecule has 1 saturated heterocycles. The number of nitrogens with zero attached hydrogens (tertiary/aromatic N) is 3. The third-order valence-electron chi connectivity index (χ3n) is 3.28. The van der Waals surface area contributed by atoms with Crippen molar-refractivity contribution in [2.75, 3.05) is 18.0 Å². The van der Waals surface area contributed by atoms with Crippen LogP contribution in [-0.4, -0.2) is 34.1 Å². The summed E-state index contributed by atoms with van der Waals surface area (Å²) in [6, 6.07) is 11.7. The third-order valence-corrected chi connectivity index (χ3v) is 3.28. The van der Waals surface area contributed by atoms with Gasteiger partial charge in [-0.2, -0.15) is 0 Å². The first-order chi connectivity index (χ1) is 9.24. The normalized spacial score (nSPS) is 15.1. The van der Waals surface area contributed by atoms with E-state index in [0.717, 1.165) is 17.1 Å². The maximum absolute atomic E-state index is 10.8. The Morgan fingerprint density at radius 1 is 1.21 bits per heavy atom. The van der Waals surface area contributed by atoms with Gasteiger partial charge in [0.2, 0.25) is 0 Å². The number of aromatic nitrogens is 2. The Bertz CT molecular complexity index is 595. The van der Waals surface area contributed by atoms with Gasteiger partial charge in [0.15, 0.2) is 0 Å². The van der Waals surface area contributed by atoms with E-state index >= 15 is 0 Å². The summed E-state index contributed by atoms with van der Waals surface area (Å²) < 4.78 is 0. The van der Waals surface area contributed by atoms with Gasteiger partial charge in [-0.1, -0.05) is 30.3 Å². The van der Waals surface area contributed by atoms with E-state index in [-0.39, 0.29) is 5.92 Å². The zero-order valence-corrected chi connectivity index (χ0v) is 10.2. The highest BCUT2D eigenvalue weighted by Gasteiger charge is 2.33. The predicted molar refractivity (Wildman–Crippen MR) is 70.8 cm³/mol. The van der Waals surface area contributed by atoms with Crippen molar-refractivity contribution in [1.82, 2.24) is 9.97 Å². The molecule has 1 aliphatic rings. The quantitative estimate of drug-likeness (QED) is 0.903. The molecule has 1 N–H and O–H groups in total. The van der Waals surface area contributed by atoms with E-state index in [1.807, 2.05) is 41.3 Å². The van der Waals surface area contributed by atoms with Crippen molar-refractivity contribution in [3.05, 3.63) is 42.7 Å². The van der Waals surface area contributed by atoms with Crippen LogP contribution in [0, 0.1) is 5.92 Å². The number of hydrogen-bond donors (Lipinski definition) is 1. The van der Waals surface area contributed by atoms with Crippen LogP contribution in [0.1, 0.15) is 0 Å². The second kappa shape index (κ2) is 4.68. The summed E-state index contributed by atoms with van der Waals surface area (Å²) in [5, 5.41) is 8.87. The number of carbonyl (C=O) groups is 1. The Balaban J connectivity index is 1.80. The fourth-order valence-corrected chi connectivity index (χ4v) is 2.11. The van der Waals surface area contributed by atoms with Gasteiger partial charge in [-0.05, 0) is 0 Å². The molecule has 1 aliphatic heterocycles. The molecule has 0 atom stereocenters. The molecule has 2 aromatic rings. The molecule has 0 spiro atoms. The van der Waals surface area contributed by atoms with E-state index in [9.17, 15) is 4.79 Å². The molecule has 0 aliphatic carbocycles. The molecule has 0 radical (unpaired) electrons. The summed E-state index contributed by atoms with van der Waals surface area (Å²) in [5.74, 6) is -0.241. The van der Waals surface area contributed by atoms with Crippen LogP contribution in [-0.2, 0) is 4.79 Å². The van der Waals surface area contributed by atoms with Gasteiger partial charge in [0.1, 0.15) is 12.1 Å². The molecule has 19 heavy (non-hydrogen) atoms. The average molecular weight is 255 g/mol. The maximum Gasteiger partial charge on any atom is 0.310 e. The highest BCUT2D eigenvalue weighted by atomic mass is 16.4. The van der Waals surface area contributed by atoms with Crippen LogP contribution in [0.25, 0.3) is 11.3 Å². The second-order valence-corrected chi connectivity index (χ2v) is 4.57. The molecule has 0 amide bonds. The maximum atomic E-state index is 10.8. The number of carboxylic acids is 1. The van der Waals surface area contributed by atoms with E-state index < -0.39 is 5.97 Å². The lowest BCUT2D eigenvalue weighted by Crippen LogP contribution is -2.50. The third kappa shape index (κ3) is 2.27. The van der Waals surface area contributed by atoms with Gasteiger partial charge in [-0.25, -0.2) is 9.97 Å². The van der Waals surface area contributed by atoms with Crippen molar-refractivity contribution in [3.63, 3.8) is 0 Å². The molecule has 2 heterocycles. The first-order valence-corrected chi connectivity index (χ1v) is 6.09. The largest absolute Gasteiger partial charge is 0.481 e. The Labute approximate surface area is 110 Å². The summed E-state index contributed by atoms with van der Waals surface area (Å²) in [5.41, 5.74) is 1.88. The monoisotopic (exact) mass is 255 g/mol. The fraction of sp³-hybridized carbons (Fsp3) is 0.214. The predicted octanol–water partition coefficient (Wildman–Crippen LogP) is 1.66. The van der Waals surface area contributed by atoms with Crippen molar-refractivity contribution in [2.24, 2.45) is 5.92 Å². The van der Waals surface area contributed by atoms with Gasteiger partial charge in [0.25, 0.3) is 0 Å². The van der Waals surface area contributed by atoms with E-state index in [1.54, 1.807) is 0 Å². The van der Waals surface area contributed by atoms with Crippen LogP contribution >= 0.6 is 0 Å². The average Bonchev–Trinajstić information content (AvgIpc) is 2.38. The Morgan fingerprint density at radius 2 is 1.95 bits per heavy atom. The lowest BCUT2D eigenvalue weighted by Gasteiger charge is -2.37. The Morgan fingerprint density at radius 3 is 2.63 bits per heavy atom. The summed E-state index contributed by atoms with van der Waals surface area (Å²) >= 11 is 0. The topological polar surface area (TPSA) is 66.3 Å². The minimum absolute atomic E-state index is 0.282. The zero-order valence-electron chi connectivity index (χ0n) is 10.2.